The van der Waals surface area contributed by atoms with Crippen LogP contribution in [0.4, 0.5) is 0 Å². The second-order valence-corrected chi connectivity index (χ2v) is 5.88. The zero-order valence-corrected chi connectivity index (χ0v) is 13.1. The third-order valence-corrected chi connectivity index (χ3v) is 4.24. The van der Waals surface area contributed by atoms with Crippen molar-refractivity contribution in [1.82, 2.24) is 0 Å². The quantitative estimate of drug-likeness (QED) is 0.600. The number of benzene rings is 2. The van der Waals surface area contributed by atoms with Crippen molar-refractivity contribution in [1.29, 1.82) is 0 Å². The predicted molar refractivity (Wildman–Crippen MR) is 82.7 cm³/mol. The van der Waals surface area contributed by atoms with Crippen molar-refractivity contribution in [3.63, 3.8) is 0 Å². The summed E-state index contributed by atoms with van der Waals surface area (Å²) in [6, 6.07) is 14.1. The van der Waals surface area contributed by atoms with Crippen LogP contribution in [0.1, 0.15) is 29.0 Å². The van der Waals surface area contributed by atoms with Gasteiger partial charge in [-0.25, -0.2) is 0 Å². The van der Waals surface area contributed by atoms with Crippen molar-refractivity contribution >= 4 is 39.1 Å². The van der Waals surface area contributed by atoms with Crippen LogP contribution in [-0.4, -0.2) is 0 Å². The van der Waals surface area contributed by atoms with E-state index >= 15 is 0 Å². The van der Waals surface area contributed by atoms with Crippen molar-refractivity contribution in [2.75, 3.05) is 0 Å². The first kappa shape index (κ1) is 13.9. The molecule has 1 unspecified atom stereocenters. The van der Waals surface area contributed by atoms with E-state index in [9.17, 15) is 0 Å². The lowest BCUT2D eigenvalue weighted by molar-refractivity contribution is 1.10. The number of hydrogen-bond acceptors (Lipinski definition) is 0. The Kier molecular flexibility index (Phi) is 4.71. The van der Waals surface area contributed by atoms with Crippen molar-refractivity contribution in [2.45, 2.75) is 18.7 Å². The van der Waals surface area contributed by atoms with Crippen LogP contribution in [0.25, 0.3) is 0 Å². The van der Waals surface area contributed by atoms with Gasteiger partial charge < -0.3 is 0 Å². The highest BCUT2D eigenvalue weighted by Gasteiger charge is 2.14. The van der Waals surface area contributed by atoms with Crippen molar-refractivity contribution in [2.24, 2.45) is 0 Å². The van der Waals surface area contributed by atoms with Crippen LogP contribution in [0.2, 0.25) is 5.02 Å². The molecule has 0 aromatic heterocycles. The molecule has 0 heterocycles. The molecule has 0 radical (unpaired) electrons. The van der Waals surface area contributed by atoms with Crippen LogP contribution in [0, 0.1) is 0 Å². The molecular formula is C15H13BrCl2. The van der Waals surface area contributed by atoms with Gasteiger partial charge >= 0.3 is 0 Å². The fourth-order valence-electron chi connectivity index (χ4n) is 1.81. The number of alkyl halides is 1. The van der Waals surface area contributed by atoms with E-state index in [1.165, 1.54) is 5.56 Å². The maximum absolute atomic E-state index is 6.50. The zero-order chi connectivity index (χ0) is 13.1. The third-order valence-electron chi connectivity index (χ3n) is 2.91. The minimum absolute atomic E-state index is 0.221. The highest BCUT2D eigenvalue weighted by atomic mass is 79.9. The number of rotatable bonds is 3. The number of halogens is 3. The average Bonchev–Trinajstić information content (AvgIpc) is 2.41. The minimum Gasteiger partial charge on any atom is -0.113 e. The molecule has 0 nitrogen and oxygen atoms in total. The highest BCUT2D eigenvalue weighted by molar-refractivity contribution is 9.10. The summed E-state index contributed by atoms with van der Waals surface area (Å²) in [7, 11) is 0. The van der Waals surface area contributed by atoms with Gasteiger partial charge in [0.2, 0.25) is 0 Å². The van der Waals surface area contributed by atoms with E-state index in [0.29, 0.717) is 5.02 Å². The van der Waals surface area contributed by atoms with E-state index < -0.39 is 0 Å². The molecular weight excluding hydrogens is 331 g/mol. The van der Waals surface area contributed by atoms with Crippen LogP contribution in [0.5, 0.6) is 0 Å². The summed E-state index contributed by atoms with van der Waals surface area (Å²) in [5.74, 6) is 0. The van der Waals surface area contributed by atoms with E-state index in [2.05, 4.69) is 47.1 Å². The summed E-state index contributed by atoms with van der Waals surface area (Å²) < 4.78 is 0.984. The second kappa shape index (κ2) is 6.10. The normalized spacial score (nSPS) is 12.4. The van der Waals surface area contributed by atoms with Crippen molar-refractivity contribution < 1.29 is 0 Å². The lowest BCUT2D eigenvalue weighted by Crippen LogP contribution is -1.95. The molecule has 0 saturated heterocycles. The Morgan fingerprint density at radius 2 is 1.78 bits per heavy atom. The molecule has 0 aliphatic heterocycles. The largest absolute Gasteiger partial charge is 0.113 e. The van der Waals surface area contributed by atoms with Gasteiger partial charge in [-0.15, -0.1) is 11.6 Å². The van der Waals surface area contributed by atoms with Crippen LogP contribution in [-0.2, 0) is 6.42 Å². The van der Waals surface area contributed by atoms with Gasteiger partial charge in [-0.2, -0.15) is 0 Å². The standard InChI is InChI=1S/C15H13BrCl2/c1-2-10-3-5-11(6-4-10)15(18)13-9-12(16)7-8-14(13)17/h3-9,15H,2H2,1H3. The summed E-state index contributed by atoms with van der Waals surface area (Å²) in [4.78, 5) is 0. The molecule has 94 valence electrons. The molecule has 0 aliphatic rings. The molecule has 3 heteroatoms. The topological polar surface area (TPSA) is 0 Å². The highest BCUT2D eigenvalue weighted by Crippen LogP contribution is 2.35. The van der Waals surface area contributed by atoms with Gasteiger partial charge in [-0.05, 0) is 41.3 Å². The number of hydrogen-bond donors (Lipinski definition) is 0. The molecule has 2 rings (SSSR count). The molecule has 0 fully saturated rings. The molecule has 0 N–H and O–H groups in total. The lowest BCUT2D eigenvalue weighted by Gasteiger charge is -2.13. The van der Waals surface area contributed by atoms with E-state index in [1.54, 1.807) is 0 Å². The van der Waals surface area contributed by atoms with E-state index in [1.807, 2.05) is 18.2 Å². The summed E-state index contributed by atoms with van der Waals surface area (Å²) in [6.45, 7) is 2.14. The summed E-state index contributed by atoms with van der Waals surface area (Å²) in [5.41, 5.74) is 3.30. The van der Waals surface area contributed by atoms with Crippen LogP contribution < -0.4 is 0 Å². The van der Waals surface area contributed by atoms with Crippen LogP contribution >= 0.6 is 39.1 Å². The second-order valence-electron chi connectivity index (χ2n) is 4.12. The van der Waals surface area contributed by atoms with Gasteiger partial charge in [0, 0.05) is 9.50 Å². The van der Waals surface area contributed by atoms with E-state index in [4.69, 9.17) is 23.2 Å². The molecule has 18 heavy (non-hydrogen) atoms. The Labute approximate surface area is 126 Å². The first-order chi connectivity index (χ1) is 8.61. The molecule has 2 aromatic rings. The molecule has 0 spiro atoms. The lowest BCUT2D eigenvalue weighted by atomic mass is 10.0. The SMILES string of the molecule is CCc1ccc(C(Cl)c2cc(Br)ccc2Cl)cc1. The van der Waals surface area contributed by atoms with Crippen molar-refractivity contribution in [3.8, 4) is 0 Å². The predicted octanol–water partition coefficient (Wildman–Crippen LogP) is 5.99. The molecule has 0 saturated carbocycles. The van der Waals surface area contributed by atoms with Gasteiger partial charge in [0.15, 0.2) is 0 Å². The van der Waals surface area contributed by atoms with Gasteiger partial charge in [-0.3, -0.25) is 0 Å². The van der Waals surface area contributed by atoms with E-state index in [-0.39, 0.29) is 5.38 Å². The Bertz CT molecular complexity index is 535. The molecule has 0 amide bonds. The van der Waals surface area contributed by atoms with Crippen LogP contribution in [0.15, 0.2) is 46.9 Å². The van der Waals surface area contributed by atoms with Gasteiger partial charge in [0.05, 0.1) is 5.38 Å². The zero-order valence-electron chi connectivity index (χ0n) is 9.96. The summed E-state index contributed by atoms with van der Waals surface area (Å²) >= 11 is 16.1. The fourth-order valence-corrected chi connectivity index (χ4v) is 2.80. The molecule has 0 bridgehead atoms. The first-order valence-corrected chi connectivity index (χ1v) is 7.40. The first-order valence-electron chi connectivity index (χ1n) is 5.79. The molecule has 0 aliphatic carbocycles. The van der Waals surface area contributed by atoms with Gasteiger partial charge in [-0.1, -0.05) is 58.7 Å². The number of aryl methyl sites for hydroxylation is 1. The summed E-state index contributed by atoms with van der Waals surface area (Å²) in [5, 5.41) is 0.471. The van der Waals surface area contributed by atoms with Gasteiger partial charge in [0.25, 0.3) is 0 Å². The maximum Gasteiger partial charge on any atom is 0.0850 e. The average molecular weight is 344 g/mol. The Hall–Kier alpha value is -0.500. The Morgan fingerprint density at radius 3 is 2.39 bits per heavy atom. The minimum atomic E-state index is -0.221. The summed E-state index contributed by atoms with van der Waals surface area (Å²) in [6.07, 6.45) is 1.03. The fraction of sp³-hybridized carbons (Fsp3) is 0.200. The van der Waals surface area contributed by atoms with E-state index in [0.717, 1.165) is 22.0 Å². The monoisotopic (exact) mass is 342 g/mol. The third kappa shape index (κ3) is 3.09. The smallest absolute Gasteiger partial charge is 0.0850 e. The van der Waals surface area contributed by atoms with Crippen molar-refractivity contribution in [3.05, 3.63) is 68.7 Å². The molecule has 2 aromatic carbocycles. The van der Waals surface area contributed by atoms with Gasteiger partial charge in [0.1, 0.15) is 0 Å². The maximum atomic E-state index is 6.50. The Morgan fingerprint density at radius 1 is 1.11 bits per heavy atom. The Balaban J connectivity index is 2.34. The molecule has 1 atom stereocenters. The van der Waals surface area contributed by atoms with Crippen LogP contribution in [0.3, 0.4) is 0 Å².